The van der Waals surface area contributed by atoms with Crippen molar-refractivity contribution >= 4 is 19.3 Å². The molecule has 0 saturated carbocycles. The average molecular weight is 235 g/mol. The molecule has 0 heterocycles. The first kappa shape index (κ1) is 12.6. The fourth-order valence-corrected chi connectivity index (χ4v) is 3.04. The molecule has 16 heavy (non-hydrogen) atoms. The van der Waals surface area contributed by atoms with E-state index in [2.05, 4.69) is 32.3 Å². The molecule has 0 spiro atoms. The van der Waals surface area contributed by atoms with Crippen molar-refractivity contribution < 1.29 is 4.92 Å². The van der Waals surface area contributed by atoms with Crippen molar-refractivity contribution in [2.75, 3.05) is 0 Å². The van der Waals surface area contributed by atoms with E-state index < -0.39 is 8.07 Å². The van der Waals surface area contributed by atoms with Crippen LogP contribution in [-0.4, -0.2) is 13.0 Å². The monoisotopic (exact) mass is 235 g/mol. The molecule has 0 radical (unpaired) electrons. The Morgan fingerprint density at radius 2 is 1.75 bits per heavy atom. The molecule has 0 fully saturated rings. The van der Waals surface area contributed by atoms with Crippen LogP contribution in [0.15, 0.2) is 30.0 Å². The Morgan fingerprint density at radius 1 is 1.25 bits per heavy atom. The molecule has 1 aromatic carbocycles. The number of hydrogen-bond acceptors (Lipinski definition) is 2. The van der Waals surface area contributed by atoms with Crippen LogP contribution >= 0.6 is 0 Å². The zero-order valence-electron chi connectivity index (χ0n) is 10.2. The summed E-state index contributed by atoms with van der Waals surface area (Å²) in [5.41, 5.74) is 4.71. The minimum Gasteiger partial charge on any atom is -0.258 e. The predicted molar refractivity (Wildman–Crippen MR) is 70.1 cm³/mol. The summed E-state index contributed by atoms with van der Waals surface area (Å²) in [6.07, 6.45) is 0. The number of benzene rings is 1. The van der Waals surface area contributed by atoms with E-state index >= 15 is 0 Å². The van der Waals surface area contributed by atoms with Crippen molar-refractivity contribution in [2.24, 2.45) is 0 Å². The lowest BCUT2D eigenvalue weighted by atomic mass is 10.1. The molecule has 0 amide bonds. The highest BCUT2D eigenvalue weighted by molar-refractivity contribution is 6.81. The molecule has 0 aliphatic heterocycles. The molecule has 1 rings (SSSR count). The number of rotatable bonds is 3. The first-order valence-electron chi connectivity index (χ1n) is 5.24. The van der Waals surface area contributed by atoms with Gasteiger partial charge in [0.1, 0.15) is 0 Å². The molecule has 4 heteroatoms. The Balaban J connectivity index is 2.99. The molecule has 0 unspecified atom stereocenters. The van der Waals surface area contributed by atoms with Gasteiger partial charge in [0.25, 0.3) is 5.69 Å². The van der Waals surface area contributed by atoms with Gasteiger partial charge in [-0.2, -0.15) is 0 Å². The fourth-order valence-electron chi connectivity index (χ4n) is 1.58. The van der Waals surface area contributed by atoms with Gasteiger partial charge in [0.15, 0.2) is 0 Å². The summed E-state index contributed by atoms with van der Waals surface area (Å²) in [7, 11) is -1.23. The van der Waals surface area contributed by atoms with Crippen molar-refractivity contribution in [3.63, 3.8) is 0 Å². The zero-order chi connectivity index (χ0) is 12.3. The number of nitro groups is 1. The van der Waals surface area contributed by atoms with E-state index in [-0.39, 0.29) is 10.6 Å². The lowest BCUT2D eigenvalue weighted by molar-refractivity contribution is -0.384. The normalized spacial score (nSPS) is 12.6. The summed E-state index contributed by atoms with van der Waals surface area (Å²) in [6.45, 7) is 8.85. The second-order valence-electron chi connectivity index (χ2n) is 5.00. The molecule has 0 aliphatic carbocycles. The summed E-state index contributed by atoms with van der Waals surface area (Å²) in [5, 5.41) is 10.5. The molecular weight excluding hydrogens is 218 g/mol. The minimum atomic E-state index is -1.23. The van der Waals surface area contributed by atoms with Gasteiger partial charge in [-0.1, -0.05) is 30.9 Å². The highest BCUT2D eigenvalue weighted by Crippen LogP contribution is 2.20. The molecule has 0 N–H and O–H groups in total. The lowest BCUT2D eigenvalue weighted by Gasteiger charge is -2.12. The van der Waals surface area contributed by atoms with Crippen LogP contribution in [0.4, 0.5) is 5.69 Å². The zero-order valence-corrected chi connectivity index (χ0v) is 11.2. The standard InChI is InChI=1S/C12H17NO2Si/c1-10(9-16(2,3)4)11-5-7-12(8-6-11)13(14)15/h5-9H,1-4H3/b10-9+. The molecule has 1 aromatic rings. The Kier molecular flexibility index (Phi) is 3.65. The maximum Gasteiger partial charge on any atom is 0.269 e. The van der Waals surface area contributed by atoms with Crippen molar-refractivity contribution in [2.45, 2.75) is 26.6 Å². The lowest BCUT2D eigenvalue weighted by Crippen LogP contribution is -2.16. The van der Waals surface area contributed by atoms with Gasteiger partial charge in [-0.05, 0) is 24.6 Å². The first-order chi connectivity index (χ1) is 7.29. The second-order valence-corrected chi connectivity index (χ2v) is 10.0. The molecule has 0 bridgehead atoms. The van der Waals surface area contributed by atoms with Crippen LogP contribution in [-0.2, 0) is 0 Å². The van der Waals surface area contributed by atoms with Gasteiger partial charge in [-0.3, -0.25) is 10.1 Å². The number of nitrogens with zero attached hydrogens (tertiary/aromatic N) is 1. The van der Waals surface area contributed by atoms with Crippen LogP contribution in [0.3, 0.4) is 0 Å². The third kappa shape index (κ3) is 3.62. The van der Waals surface area contributed by atoms with Crippen LogP contribution in [0.1, 0.15) is 12.5 Å². The number of nitro benzene ring substituents is 1. The first-order valence-corrected chi connectivity index (χ1v) is 8.81. The average Bonchev–Trinajstić information content (AvgIpc) is 2.15. The smallest absolute Gasteiger partial charge is 0.258 e. The minimum absolute atomic E-state index is 0.143. The van der Waals surface area contributed by atoms with Crippen molar-refractivity contribution in [1.82, 2.24) is 0 Å². The van der Waals surface area contributed by atoms with E-state index in [1.807, 2.05) is 12.1 Å². The largest absolute Gasteiger partial charge is 0.269 e. The van der Waals surface area contributed by atoms with E-state index in [9.17, 15) is 10.1 Å². The Bertz CT molecular complexity index is 416. The van der Waals surface area contributed by atoms with E-state index in [1.54, 1.807) is 12.1 Å². The fraction of sp³-hybridized carbons (Fsp3) is 0.333. The third-order valence-electron chi connectivity index (χ3n) is 2.18. The van der Waals surface area contributed by atoms with Crippen molar-refractivity contribution in [3.8, 4) is 0 Å². The molecule has 3 nitrogen and oxygen atoms in total. The van der Waals surface area contributed by atoms with Gasteiger partial charge < -0.3 is 0 Å². The van der Waals surface area contributed by atoms with Gasteiger partial charge >= 0.3 is 0 Å². The van der Waals surface area contributed by atoms with Crippen LogP contribution in [0, 0.1) is 10.1 Å². The van der Waals surface area contributed by atoms with E-state index in [4.69, 9.17) is 0 Å². The van der Waals surface area contributed by atoms with E-state index in [0.717, 1.165) is 5.56 Å². The number of allylic oxidation sites excluding steroid dienone is 1. The third-order valence-corrected chi connectivity index (χ3v) is 3.48. The van der Waals surface area contributed by atoms with Crippen molar-refractivity contribution in [1.29, 1.82) is 0 Å². The topological polar surface area (TPSA) is 43.1 Å². The van der Waals surface area contributed by atoms with Gasteiger partial charge in [0.05, 0.1) is 13.0 Å². The maximum absolute atomic E-state index is 10.5. The molecule has 0 atom stereocenters. The quantitative estimate of drug-likeness (QED) is 0.453. The summed E-state index contributed by atoms with van der Waals surface area (Å²) in [4.78, 5) is 10.1. The highest BCUT2D eigenvalue weighted by Gasteiger charge is 2.10. The van der Waals surface area contributed by atoms with Gasteiger partial charge in [0, 0.05) is 12.1 Å². The van der Waals surface area contributed by atoms with Crippen LogP contribution in [0.5, 0.6) is 0 Å². The Morgan fingerprint density at radius 3 is 2.12 bits per heavy atom. The van der Waals surface area contributed by atoms with E-state index in [1.165, 1.54) is 5.57 Å². The molecular formula is C12H17NO2Si. The maximum atomic E-state index is 10.5. The molecule has 0 saturated heterocycles. The molecule has 0 aliphatic rings. The van der Waals surface area contributed by atoms with Gasteiger partial charge in [-0.25, -0.2) is 0 Å². The summed E-state index contributed by atoms with van der Waals surface area (Å²) in [6, 6.07) is 6.72. The van der Waals surface area contributed by atoms with E-state index in [0.29, 0.717) is 0 Å². The highest BCUT2D eigenvalue weighted by atomic mass is 28.3. The number of hydrogen-bond donors (Lipinski definition) is 0. The van der Waals surface area contributed by atoms with Crippen LogP contribution in [0.25, 0.3) is 5.57 Å². The van der Waals surface area contributed by atoms with Crippen LogP contribution in [0.2, 0.25) is 19.6 Å². The molecule has 86 valence electrons. The molecule has 0 aromatic heterocycles. The van der Waals surface area contributed by atoms with Gasteiger partial charge in [-0.15, -0.1) is 0 Å². The van der Waals surface area contributed by atoms with Gasteiger partial charge in [0.2, 0.25) is 0 Å². The van der Waals surface area contributed by atoms with Crippen molar-refractivity contribution in [3.05, 3.63) is 45.6 Å². The summed E-state index contributed by atoms with van der Waals surface area (Å²) >= 11 is 0. The predicted octanol–water partition coefficient (Wildman–Crippen LogP) is 3.88. The van der Waals surface area contributed by atoms with Crippen LogP contribution < -0.4 is 0 Å². The Hall–Kier alpha value is -1.42. The number of non-ortho nitro benzene ring substituents is 1. The second kappa shape index (κ2) is 4.61. The SMILES string of the molecule is C/C(=C\[Si](C)(C)C)c1ccc([N+](=O)[O-])cc1. The Labute approximate surface area is 97.0 Å². The summed E-state index contributed by atoms with van der Waals surface area (Å²) in [5.74, 6) is 0. The summed E-state index contributed by atoms with van der Waals surface area (Å²) < 4.78 is 0.